The highest BCUT2D eigenvalue weighted by Crippen LogP contribution is 2.37. The van der Waals surface area contributed by atoms with E-state index in [-0.39, 0.29) is 47.3 Å². The normalized spacial score (nSPS) is 12.0. The number of aromatic nitrogens is 3. The Hall–Kier alpha value is -4.26. The number of fused-ring (bicyclic) bond motifs is 1. The number of carbonyl (C=O) groups excluding carboxylic acids is 1. The van der Waals surface area contributed by atoms with Crippen molar-refractivity contribution in [3.8, 4) is 11.3 Å². The molecule has 1 amide bonds. The molecule has 7 nitrogen and oxygen atoms in total. The van der Waals surface area contributed by atoms with Crippen LogP contribution in [0.1, 0.15) is 21.7 Å². The minimum absolute atomic E-state index is 0.0651. The molecule has 198 valence electrons. The van der Waals surface area contributed by atoms with Gasteiger partial charge >= 0.3 is 12.4 Å². The second kappa shape index (κ2) is 10.6. The maximum Gasteiger partial charge on any atom is 0.418 e. The number of hydrogen-bond donors (Lipinski definition) is 2. The molecule has 0 saturated carbocycles. The molecule has 2 heterocycles. The average Bonchev–Trinajstić information content (AvgIpc) is 2.87. The summed E-state index contributed by atoms with van der Waals surface area (Å²) in [6.07, 6.45) is -7.96. The van der Waals surface area contributed by atoms with E-state index in [0.717, 1.165) is 18.2 Å². The second-order valence-corrected chi connectivity index (χ2v) is 7.97. The molecule has 0 atom stereocenters. The van der Waals surface area contributed by atoms with Crippen LogP contribution in [-0.4, -0.2) is 41.1 Å². The van der Waals surface area contributed by atoms with Crippen LogP contribution >= 0.6 is 0 Å². The van der Waals surface area contributed by atoms with Crippen LogP contribution in [0.3, 0.4) is 0 Å². The van der Waals surface area contributed by atoms with Gasteiger partial charge in [-0.2, -0.15) is 26.3 Å². The summed E-state index contributed by atoms with van der Waals surface area (Å²) >= 11 is 0. The van der Waals surface area contributed by atoms with Gasteiger partial charge in [0.2, 0.25) is 5.82 Å². The monoisotopic (exact) mass is 535 g/mol. The Bertz CT molecular complexity index is 1460. The van der Waals surface area contributed by atoms with Crippen molar-refractivity contribution in [1.29, 1.82) is 0 Å². The summed E-state index contributed by atoms with van der Waals surface area (Å²) in [5.41, 5.74) is -1.69. The highest BCUT2D eigenvalue weighted by atomic mass is 19.4. The molecule has 0 saturated heterocycles. The molecule has 2 aromatic carbocycles. The number of anilines is 2. The van der Waals surface area contributed by atoms with Crippen molar-refractivity contribution in [2.75, 3.05) is 25.6 Å². The first-order valence-electron chi connectivity index (χ1n) is 11.0. The lowest BCUT2D eigenvalue weighted by Gasteiger charge is -2.14. The third-order valence-electron chi connectivity index (χ3n) is 5.35. The minimum atomic E-state index is -4.66. The maximum absolute atomic E-state index is 13.6. The van der Waals surface area contributed by atoms with E-state index in [9.17, 15) is 31.1 Å². The van der Waals surface area contributed by atoms with Gasteiger partial charge in [0, 0.05) is 36.5 Å². The molecule has 13 heteroatoms. The van der Waals surface area contributed by atoms with Crippen LogP contribution in [0.4, 0.5) is 37.8 Å². The van der Waals surface area contributed by atoms with E-state index in [4.69, 9.17) is 4.74 Å². The third kappa shape index (κ3) is 5.99. The molecule has 0 fully saturated rings. The van der Waals surface area contributed by atoms with E-state index in [1.54, 1.807) is 0 Å². The van der Waals surface area contributed by atoms with Gasteiger partial charge < -0.3 is 15.4 Å². The zero-order chi connectivity index (χ0) is 27.5. The SMILES string of the molecule is COCCNC(=O)c1nc(Nc2ccc(C(F)(F)F)cc2)c2ccc(-c3ncccc3C(F)(F)F)cc2n1. The summed E-state index contributed by atoms with van der Waals surface area (Å²) in [5.74, 6) is -0.925. The smallest absolute Gasteiger partial charge is 0.383 e. The molecule has 0 spiro atoms. The standard InChI is InChI=1S/C25H19F6N5O2/c1-38-12-11-33-23(37)22-35-19-13-14(20-18(25(29,30)31)3-2-10-32-20)4-9-17(19)21(36-22)34-16-7-5-15(6-8-16)24(26,27)28/h2-10,13H,11-12H2,1H3,(H,33,37)(H,34,35,36). The van der Waals surface area contributed by atoms with Crippen molar-refractivity contribution in [2.24, 2.45) is 0 Å². The van der Waals surface area contributed by atoms with E-state index >= 15 is 0 Å². The number of hydrogen-bond acceptors (Lipinski definition) is 6. The Morgan fingerprint density at radius 2 is 1.68 bits per heavy atom. The molecule has 0 bridgehead atoms. The number of nitrogens with one attached hydrogen (secondary N) is 2. The average molecular weight is 535 g/mol. The number of amides is 1. The number of halogens is 6. The van der Waals surface area contributed by atoms with Crippen LogP contribution < -0.4 is 10.6 Å². The van der Waals surface area contributed by atoms with Gasteiger partial charge in [0.25, 0.3) is 5.91 Å². The van der Waals surface area contributed by atoms with Crippen molar-refractivity contribution >= 4 is 28.3 Å². The van der Waals surface area contributed by atoms with E-state index in [1.807, 2.05) is 0 Å². The lowest BCUT2D eigenvalue weighted by Crippen LogP contribution is -2.28. The van der Waals surface area contributed by atoms with Crippen molar-refractivity contribution in [3.63, 3.8) is 0 Å². The number of nitrogens with zero attached hydrogens (tertiary/aromatic N) is 3. The molecule has 2 aromatic heterocycles. The molecule has 0 radical (unpaired) electrons. The van der Waals surface area contributed by atoms with Crippen LogP contribution in [0.5, 0.6) is 0 Å². The maximum atomic E-state index is 13.6. The minimum Gasteiger partial charge on any atom is -0.383 e. The fourth-order valence-corrected chi connectivity index (χ4v) is 3.56. The zero-order valence-corrected chi connectivity index (χ0v) is 19.6. The first-order chi connectivity index (χ1) is 18.0. The summed E-state index contributed by atoms with van der Waals surface area (Å²) < 4.78 is 84.4. The number of benzene rings is 2. The number of rotatable bonds is 7. The predicted octanol–water partition coefficient (Wildman–Crippen LogP) is 5.85. The summed E-state index contributed by atoms with van der Waals surface area (Å²) in [7, 11) is 1.44. The Morgan fingerprint density at radius 3 is 2.34 bits per heavy atom. The van der Waals surface area contributed by atoms with Crippen LogP contribution in [0.25, 0.3) is 22.2 Å². The fourth-order valence-electron chi connectivity index (χ4n) is 3.56. The van der Waals surface area contributed by atoms with Gasteiger partial charge in [0.1, 0.15) is 5.82 Å². The molecular weight excluding hydrogens is 516 g/mol. The van der Waals surface area contributed by atoms with Gasteiger partial charge in [0.15, 0.2) is 0 Å². The van der Waals surface area contributed by atoms with Crippen LogP contribution in [0.15, 0.2) is 60.8 Å². The van der Waals surface area contributed by atoms with Gasteiger partial charge in [-0.1, -0.05) is 6.07 Å². The first kappa shape index (κ1) is 26.8. The molecule has 0 aliphatic heterocycles. The summed E-state index contributed by atoms with van der Waals surface area (Å²) in [6.45, 7) is 0.349. The molecule has 0 aliphatic carbocycles. The largest absolute Gasteiger partial charge is 0.418 e. The number of carbonyl (C=O) groups is 1. The number of alkyl halides is 6. The lowest BCUT2D eigenvalue weighted by molar-refractivity contribution is -0.138. The molecule has 4 rings (SSSR count). The molecule has 2 N–H and O–H groups in total. The van der Waals surface area contributed by atoms with Crippen LogP contribution in [0, 0.1) is 0 Å². The number of pyridine rings is 1. The second-order valence-electron chi connectivity index (χ2n) is 7.97. The van der Waals surface area contributed by atoms with Crippen molar-refractivity contribution in [3.05, 3.63) is 77.7 Å². The Balaban J connectivity index is 1.80. The lowest BCUT2D eigenvalue weighted by atomic mass is 10.0. The molecular formula is C25H19F6N5O2. The number of ether oxygens (including phenoxy) is 1. The first-order valence-corrected chi connectivity index (χ1v) is 11.0. The summed E-state index contributed by atoms with van der Waals surface area (Å²) in [6, 6.07) is 10.4. The molecule has 4 aromatic rings. The van der Waals surface area contributed by atoms with E-state index in [1.165, 1.54) is 49.7 Å². The molecule has 38 heavy (non-hydrogen) atoms. The number of methoxy groups -OCH3 is 1. The van der Waals surface area contributed by atoms with E-state index in [0.29, 0.717) is 5.39 Å². The highest BCUT2D eigenvalue weighted by Gasteiger charge is 2.34. The van der Waals surface area contributed by atoms with E-state index < -0.39 is 29.4 Å². The van der Waals surface area contributed by atoms with Gasteiger partial charge in [-0.3, -0.25) is 9.78 Å². The molecule has 0 aliphatic rings. The van der Waals surface area contributed by atoms with Gasteiger partial charge in [-0.15, -0.1) is 0 Å². The van der Waals surface area contributed by atoms with Crippen LogP contribution in [-0.2, 0) is 17.1 Å². The Labute approximate surface area is 211 Å². The topological polar surface area (TPSA) is 89.0 Å². The van der Waals surface area contributed by atoms with Crippen LogP contribution in [0.2, 0.25) is 0 Å². The summed E-state index contributed by atoms with van der Waals surface area (Å²) in [5, 5.41) is 5.73. The third-order valence-corrected chi connectivity index (χ3v) is 5.35. The van der Waals surface area contributed by atoms with E-state index in [2.05, 4.69) is 25.6 Å². The van der Waals surface area contributed by atoms with Crippen molar-refractivity contribution in [2.45, 2.75) is 12.4 Å². The zero-order valence-electron chi connectivity index (χ0n) is 19.6. The highest BCUT2D eigenvalue weighted by molar-refractivity contribution is 5.98. The summed E-state index contributed by atoms with van der Waals surface area (Å²) in [4.78, 5) is 25.0. The van der Waals surface area contributed by atoms with Crippen molar-refractivity contribution < 1.29 is 35.9 Å². The van der Waals surface area contributed by atoms with Gasteiger partial charge in [-0.25, -0.2) is 9.97 Å². The van der Waals surface area contributed by atoms with Gasteiger partial charge in [-0.05, 0) is 48.5 Å². The fraction of sp³-hybridized carbons (Fsp3) is 0.200. The van der Waals surface area contributed by atoms with Gasteiger partial charge in [0.05, 0.1) is 28.9 Å². The quantitative estimate of drug-likeness (QED) is 0.228. The predicted molar refractivity (Wildman–Crippen MR) is 127 cm³/mol. The molecule has 0 unspecified atom stereocenters. The Kier molecular flexibility index (Phi) is 7.49. The Morgan fingerprint density at radius 1 is 0.947 bits per heavy atom. The van der Waals surface area contributed by atoms with Crippen molar-refractivity contribution in [1.82, 2.24) is 20.3 Å².